The zero-order chi connectivity index (χ0) is 21.6. The van der Waals surface area contributed by atoms with Gasteiger partial charge in [0, 0.05) is 31.9 Å². The van der Waals surface area contributed by atoms with Gasteiger partial charge in [0.25, 0.3) is 15.7 Å². The van der Waals surface area contributed by atoms with Crippen molar-refractivity contribution in [1.29, 1.82) is 0 Å². The number of nitro groups is 1. The van der Waals surface area contributed by atoms with Crippen LogP contribution in [-0.2, 0) is 14.8 Å². The number of nitro benzene ring substituents is 1. The molecule has 9 nitrogen and oxygen atoms in total. The predicted octanol–water partition coefficient (Wildman–Crippen LogP) is 2.70. The number of nitrogens with one attached hydrogen (secondary N) is 1. The van der Waals surface area contributed by atoms with Gasteiger partial charge >= 0.3 is 0 Å². The third-order valence-electron chi connectivity index (χ3n) is 4.38. The normalized spacial score (nSPS) is 11.0. The zero-order valence-electron chi connectivity index (χ0n) is 16.5. The van der Waals surface area contributed by atoms with Gasteiger partial charge in [-0.05, 0) is 38.1 Å². The standard InChI is InChI=1S/C19H24N4O5S/c1-4-22(5-2)19(24)14-21(3)17-12-11-16(13-18(17)23(25)26)29(27,28)20-15-9-7-6-8-10-15/h6-13,20H,4-5,14H2,1-3H3. The van der Waals surface area contributed by atoms with Gasteiger partial charge in [-0.1, -0.05) is 18.2 Å². The maximum absolute atomic E-state index is 12.6. The number of carbonyl (C=O) groups excluding carboxylic acids is 1. The van der Waals surface area contributed by atoms with Crippen molar-refractivity contribution in [3.05, 3.63) is 58.6 Å². The van der Waals surface area contributed by atoms with E-state index in [1.807, 2.05) is 13.8 Å². The highest BCUT2D eigenvalue weighted by atomic mass is 32.2. The van der Waals surface area contributed by atoms with E-state index in [1.54, 1.807) is 42.3 Å². The Hall–Kier alpha value is -3.14. The molecule has 0 saturated carbocycles. The Morgan fingerprint density at radius 1 is 1.10 bits per heavy atom. The summed E-state index contributed by atoms with van der Waals surface area (Å²) in [5.41, 5.74) is 0.117. The first-order valence-electron chi connectivity index (χ1n) is 9.04. The summed E-state index contributed by atoms with van der Waals surface area (Å²) < 4.78 is 27.6. The number of nitrogens with zero attached hydrogens (tertiary/aromatic N) is 3. The molecule has 0 unspecified atom stereocenters. The minimum atomic E-state index is -4.00. The van der Waals surface area contributed by atoms with Crippen molar-refractivity contribution < 1.29 is 18.1 Å². The Bertz CT molecular complexity index is 975. The van der Waals surface area contributed by atoms with Crippen molar-refractivity contribution in [2.75, 3.05) is 36.3 Å². The Labute approximate surface area is 170 Å². The average molecular weight is 420 g/mol. The van der Waals surface area contributed by atoms with E-state index in [9.17, 15) is 23.3 Å². The average Bonchev–Trinajstić information content (AvgIpc) is 2.68. The lowest BCUT2D eigenvalue weighted by molar-refractivity contribution is -0.384. The molecule has 156 valence electrons. The van der Waals surface area contributed by atoms with E-state index in [0.717, 1.165) is 6.07 Å². The maximum Gasteiger partial charge on any atom is 0.293 e. The van der Waals surface area contributed by atoms with Crippen LogP contribution >= 0.6 is 0 Å². The predicted molar refractivity (Wildman–Crippen MR) is 112 cm³/mol. The fraction of sp³-hybridized carbons (Fsp3) is 0.316. The molecule has 0 spiro atoms. The first-order chi connectivity index (χ1) is 13.7. The second-order valence-corrected chi connectivity index (χ2v) is 7.98. The van der Waals surface area contributed by atoms with Crippen molar-refractivity contribution in [2.24, 2.45) is 0 Å². The fourth-order valence-corrected chi connectivity index (χ4v) is 3.90. The van der Waals surface area contributed by atoms with Crippen LogP contribution in [0, 0.1) is 10.1 Å². The van der Waals surface area contributed by atoms with Crippen molar-refractivity contribution in [3.63, 3.8) is 0 Å². The number of carbonyl (C=O) groups is 1. The fourth-order valence-electron chi connectivity index (χ4n) is 2.82. The molecule has 1 amide bonds. The second-order valence-electron chi connectivity index (χ2n) is 6.30. The molecular weight excluding hydrogens is 396 g/mol. The minimum absolute atomic E-state index is 0.0586. The molecule has 0 aliphatic carbocycles. The van der Waals surface area contributed by atoms with Crippen LogP contribution < -0.4 is 9.62 Å². The van der Waals surface area contributed by atoms with E-state index in [2.05, 4.69) is 4.72 Å². The number of benzene rings is 2. The molecule has 0 fully saturated rings. The third kappa shape index (κ3) is 5.44. The van der Waals surface area contributed by atoms with Crippen LogP contribution in [0.25, 0.3) is 0 Å². The number of para-hydroxylation sites is 1. The lowest BCUT2D eigenvalue weighted by Gasteiger charge is -2.24. The molecular formula is C19H24N4O5S. The van der Waals surface area contributed by atoms with Crippen molar-refractivity contribution in [1.82, 2.24) is 4.90 Å². The first kappa shape index (κ1) is 22.2. The van der Waals surface area contributed by atoms with Crippen LogP contribution in [-0.4, -0.2) is 50.8 Å². The van der Waals surface area contributed by atoms with Gasteiger partial charge in [0.1, 0.15) is 5.69 Å². The van der Waals surface area contributed by atoms with E-state index < -0.39 is 20.6 Å². The highest BCUT2D eigenvalue weighted by molar-refractivity contribution is 7.92. The van der Waals surface area contributed by atoms with Gasteiger partial charge in [0.2, 0.25) is 5.91 Å². The van der Waals surface area contributed by atoms with Crippen LogP contribution in [0.1, 0.15) is 13.8 Å². The number of likely N-dealkylation sites (N-methyl/N-ethyl adjacent to an activating group) is 2. The summed E-state index contributed by atoms with van der Waals surface area (Å²) in [5, 5.41) is 11.6. The van der Waals surface area contributed by atoms with Gasteiger partial charge in [-0.3, -0.25) is 19.6 Å². The van der Waals surface area contributed by atoms with Crippen molar-refractivity contribution >= 4 is 33.0 Å². The van der Waals surface area contributed by atoms with Gasteiger partial charge < -0.3 is 9.80 Å². The highest BCUT2D eigenvalue weighted by Crippen LogP contribution is 2.31. The highest BCUT2D eigenvalue weighted by Gasteiger charge is 2.24. The lowest BCUT2D eigenvalue weighted by atomic mass is 10.2. The molecule has 10 heteroatoms. The van der Waals surface area contributed by atoms with E-state index in [0.29, 0.717) is 18.8 Å². The molecule has 2 rings (SSSR count). The molecule has 2 aromatic rings. The molecule has 0 radical (unpaired) electrons. The first-order valence-corrected chi connectivity index (χ1v) is 10.5. The van der Waals surface area contributed by atoms with E-state index in [4.69, 9.17) is 0 Å². The summed E-state index contributed by atoms with van der Waals surface area (Å²) in [6, 6.07) is 11.9. The van der Waals surface area contributed by atoms with Crippen LogP contribution in [0.3, 0.4) is 0 Å². The molecule has 0 atom stereocenters. The summed E-state index contributed by atoms with van der Waals surface area (Å²) in [7, 11) is -2.45. The van der Waals surface area contributed by atoms with E-state index in [1.165, 1.54) is 17.0 Å². The number of sulfonamides is 1. The summed E-state index contributed by atoms with van der Waals surface area (Å²) in [6.07, 6.45) is 0. The quantitative estimate of drug-likeness (QED) is 0.493. The molecule has 2 aromatic carbocycles. The largest absolute Gasteiger partial charge is 0.360 e. The minimum Gasteiger partial charge on any atom is -0.360 e. The monoisotopic (exact) mass is 420 g/mol. The Morgan fingerprint density at radius 3 is 2.28 bits per heavy atom. The number of rotatable bonds is 9. The number of anilines is 2. The van der Waals surface area contributed by atoms with Crippen molar-refractivity contribution in [2.45, 2.75) is 18.7 Å². The maximum atomic E-state index is 12.6. The van der Waals surface area contributed by atoms with Crippen LogP contribution in [0.4, 0.5) is 17.1 Å². The summed E-state index contributed by atoms with van der Waals surface area (Å²) in [4.78, 5) is 26.0. The molecule has 0 bridgehead atoms. The molecule has 0 aliphatic heterocycles. The number of hydrogen-bond acceptors (Lipinski definition) is 6. The van der Waals surface area contributed by atoms with Crippen molar-refractivity contribution in [3.8, 4) is 0 Å². The zero-order valence-corrected chi connectivity index (χ0v) is 17.3. The SMILES string of the molecule is CCN(CC)C(=O)CN(C)c1ccc(S(=O)(=O)Nc2ccccc2)cc1[N+](=O)[O-]. The summed E-state index contributed by atoms with van der Waals surface area (Å²) in [5.74, 6) is -0.172. The number of amides is 1. The molecule has 0 aromatic heterocycles. The Balaban J connectivity index is 2.33. The van der Waals surface area contributed by atoms with Crippen LogP contribution in [0.5, 0.6) is 0 Å². The molecule has 0 saturated heterocycles. The van der Waals surface area contributed by atoms with Crippen LogP contribution in [0.2, 0.25) is 0 Å². The topological polar surface area (TPSA) is 113 Å². The lowest BCUT2D eigenvalue weighted by Crippen LogP contribution is -2.39. The number of hydrogen-bond donors (Lipinski definition) is 1. The molecule has 29 heavy (non-hydrogen) atoms. The van der Waals surface area contributed by atoms with Gasteiger partial charge in [0.15, 0.2) is 0 Å². The van der Waals surface area contributed by atoms with E-state index in [-0.39, 0.29) is 23.0 Å². The molecule has 0 heterocycles. The van der Waals surface area contributed by atoms with Gasteiger partial charge in [-0.15, -0.1) is 0 Å². The Kier molecular flexibility index (Phi) is 7.16. The Morgan fingerprint density at radius 2 is 1.72 bits per heavy atom. The van der Waals surface area contributed by atoms with Gasteiger partial charge in [-0.2, -0.15) is 0 Å². The second kappa shape index (κ2) is 9.37. The van der Waals surface area contributed by atoms with E-state index >= 15 is 0 Å². The summed E-state index contributed by atoms with van der Waals surface area (Å²) in [6.45, 7) is 4.71. The molecule has 0 aliphatic rings. The van der Waals surface area contributed by atoms with Gasteiger partial charge in [-0.25, -0.2) is 8.42 Å². The molecule has 1 N–H and O–H groups in total. The van der Waals surface area contributed by atoms with Gasteiger partial charge in [0.05, 0.1) is 16.4 Å². The smallest absolute Gasteiger partial charge is 0.293 e. The third-order valence-corrected chi connectivity index (χ3v) is 5.76. The van der Waals surface area contributed by atoms with Crippen LogP contribution in [0.15, 0.2) is 53.4 Å². The summed E-state index contributed by atoms with van der Waals surface area (Å²) >= 11 is 0.